The number of benzene rings is 4. The zero-order valence-electron chi connectivity index (χ0n) is 31.2. The first-order valence-corrected chi connectivity index (χ1v) is 20.2. The Hall–Kier alpha value is -3.56. The summed E-state index contributed by atoms with van der Waals surface area (Å²) in [4.78, 5) is 0. The average Bonchev–Trinajstić information content (AvgIpc) is 3.15. The van der Waals surface area contributed by atoms with Crippen LogP contribution >= 0.6 is 0 Å². The summed E-state index contributed by atoms with van der Waals surface area (Å²) in [5, 5.41) is 12.6. The number of hydrogen-bond donors (Lipinski definition) is 1. The Balaban J connectivity index is 1.49. The molecule has 274 valence electrons. The fourth-order valence-corrected chi connectivity index (χ4v) is 11.3. The monoisotopic (exact) mass is 710 g/mol. The highest BCUT2D eigenvalue weighted by molar-refractivity contribution is 6.99. The number of methoxy groups -OCH3 is 1. The van der Waals surface area contributed by atoms with Gasteiger partial charge >= 0.3 is 0 Å². The smallest absolute Gasteiger partial charge is 0.261 e. The van der Waals surface area contributed by atoms with Crippen LogP contribution in [0.1, 0.15) is 64.5 Å². The molecule has 4 aromatic rings. The molecule has 0 saturated carbocycles. The molecule has 0 bridgehead atoms. The summed E-state index contributed by atoms with van der Waals surface area (Å²) in [6.45, 7) is 10.9. The molecule has 7 heteroatoms. The molecule has 0 heterocycles. The summed E-state index contributed by atoms with van der Waals surface area (Å²) in [6.07, 6.45) is 6.94. The minimum absolute atomic E-state index is 0.00726. The molecular formula is C44H58O6Si. The van der Waals surface area contributed by atoms with Crippen LogP contribution in [0.5, 0.6) is 5.75 Å². The van der Waals surface area contributed by atoms with Crippen molar-refractivity contribution in [3.8, 4) is 5.75 Å². The first-order valence-electron chi connectivity index (χ1n) is 18.3. The number of rotatable bonds is 22. The van der Waals surface area contributed by atoms with E-state index >= 15 is 0 Å². The van der Waals surface area contributed by atoms with Crippen molar-refractivity contribution in [3.63, 3.8) is 0 Å². The third kappa shape index (κ3) is 12.0. The van der Waals surface area contributed by atoms with Crippen molar-refractivity contribution in [3.05, 3.63) is 139 Å². The second-order valence-corrected chi connectivity index (χ2v) is 18.4. The van der Waals surface area contributed by atoms with Gasteiger partial charge in [-0.15, -0.1) is 0 Å². The van der Waals surface area contributed by atoms with Crippen molar-refractivity contribution in [2.75, 3.05) is 27.1 Å². The molecule has 0 radical (unpaired) electrons. The minimum Gasteiger partial charge on any atom is -0.497 e. The number of aliphatic hydroxyl groups is 1. The largest absolute Gasteiger partial charge is 0.497 e. The van der Waals surface area contributed by atoms with Crippen LogP contribution in [0.4, 0.5) is 0 Å². The van der Waals surface area contributed by atoms with Crippen LogP contribution in [0.2, 0.25) is 5.04 Å². The van der Waals surface area contributed by atoms with E-state index in [1.807, 2.05) is 42.5 Å². The van der Waals surface area contributed by atoms with Crippen molar-refractivity contribution in [1.29, 1.82) is 0 Å². The number of hydrogen-bond acceptors (Lipinski definition) is 6. The van der Waals surface area contributed by atoms with Crippen LogP contribution in [0.3, 0.4) is 0 Å². The first kappa shape index (κ1) is 40.2. The molecule has 0 unspecified atom stereocenters. The lowest BCUT2D eigenvalue weighted by Crippen LogP contribution is -2.68. The lowest BCUT2D eigenvalue weighted by atomic mass is 9.94. The molecule has 4 aromatic carbocycles. The maximum atomic E-state index is 10.5. The quantitative estimate of drug-likeness (QED) is 0.0382. The van der Waals surface area contributed by atoms with Crippen LogP contribution in [0, 0.1) is 5.92 Å². The Bertz CT molecular complexity index is 1480. The Labute approximate surface area is 307 Å². The second-order valence-electron chi connectivity index (χ2n) is 14.1. The van der Waals surface area contributed by atoms with Crippen molar-refractivity contribution in [2.45, 2.75) is 83.8 Å². The van der Waals surface area contributed by atoms with Gasteiger partial charge in [-0.25, -0.2) is 0 Å². The van der Waals surface area contributed by atoms with Crippen LogP contribution in [0.15, 0.2) is 127 Å². The predicted octanol–water partition coefficient (Wildman–Crippen LogP) is 8.46. The highest BCUT2D eigenvalue weighted by Gasteiger charge is 2.52. The lowest BCUT2D eigenvalue weighted by molar-refractivity contribution is -0.143. The summed E-state index contributed by atoms with van der Waals surface area (Å²) >= 11 is 0. The van der Waals surface area contributed by atoms with E-state index in [1.165, 1.54) is 10.4 Å². The summed E-state index contributed by atoms with van der Waals surface area (Å²) < 4.78 is 31.4. The molecule has 0 aromatic heterocycles. The molecule has 0 amide bonds. The zero-order chi connectivity index (χ0) is 36.4. The number of allylic oxidation sites excluding steroid dienone is 2. The van der Waals surface area contributed by atoms with Gasteiger partial charge in [0, 0.05) is 13.2 Å². The highest BCUT2D eigenvalue weighted by Crippen LogP contribution is 2.39. The van der Waals surface area contributed by atoms with E-state index in [2.05, 4.69) is 113 Å². The van der Waals surface area contributed by atoms with Gasteiger partial charge in [-0.1, -0.05) is 143 Å². The molecule has 0 aliphatic rings. The molecule has 3 atom stereocenters. The van der Waals surface area contributed by atoms with Crippen molar-refractivity contribution >= 4 is 18.7 Å². The molecule has 0 saturated heterocycles. The third-order valence-corrected chi connectivity index (χ3v) is 14.4. The first-order chi connectivity index (χ1) is 24.8. The van der Waals surface area contributed by atoms with E-state index in [4.69, 9.17) is 23.4 Å². The lowest BCUT2D eigenvalue weighted by Gasteiger charge is -2.47. The van der Waals surface area contributed by atoms with Gasteiger partial charge in [0.05, 0.1) is 32.5 Å². The van der Waals surface area contributed by atoms with Gasteiger partial charge in [-0.3, -0.25) is 0 Å². The molecule has 0 spiro atoms. The van der Waals surface area contributed by atoms with Gasteiger partial charge in [0.15, 0.2) is 0 Å². The standard InChI is InChI=1S/C44H58O6Si/c1-36(19-11-6-7-18-32-47-33-38-26-28-39(46-5)29-27-38)43(49-35-48-34-37-20-12-8-13-21-37)42(30-31-45)50-51(44(2,3)4,40-22-14-9-15-23-40)41-24-16-10-17-25-41/h6,8-17,20-29,36,42-43,45H,7,18-19,30-35H2,1-5H3/b11-6+/t36-,42-,43+/m0/s1. The topological polar surface area (TPSA) is 66.4 Å². The van der Waals surface area contributed by atoms with E-state index in [1.54, 1.807) is 7.11 Å². The zero-order valence-corrected chi connectivity index (χ0v) is 32.2. The molecule has 6 nitrogen and oxygen atoms in total. The van der Waals surface area contributed by atoms with Gasteiger partial charge in [-0.2, -0.15) is 0 Å². The van der Waals surface area contributed by atoms with Crippen molar-refractivity contribution in [2.24, 2.45) is 5.92 Å². The number of unbranched alkanes of at least 4 members (excludes halogenated alkanes) is 1. The molecule has 1 N–H and O–H groups in total. The Morgan fingerprint density at radius 1 is 0.725 bits per heavy atom. The average molecular weight is 711 g/mol. The maximum absolute atomic E-state index is 10.5. The minimum atomic E-state index is -2.91. The molecule has 51 heavy (non-hydrogen) atoms. The predicted molar refractivity (Wildman–Crippen MR) is 210 cm³/mol. The molecule has 0 aliphatic carbocycles. The summed E-state index contributed by atoms with van der Waals surface area (Å²) in [5.41, 5.74) is 2.23. The Morgan fingerprint density at radius 3 is 1.86 bits per heavy atom. The SMILES string of the molecule is COc1ccc(COCCC/C=C/C[C@H](C)[C@@H](OCOCc2ccccc2)[C@H](CCO)O[Si](c2ccccc2)(c2ccccc2)C(C)(C)C)cc1. The summed E-state index contributed by atoms with van der Waals surface area (Å²) in [7, 11) is -1.24. The van der Waals surface area contributed by atoms with Crippen molar-refractivity contribution in [1.82, 2.24) is 0 Å². The van der Waals surface area contributed by atoms with Gasteiger partial charge in [0.25, 0.3) is 8.32 Å². The van der Waals surface area contributed by atoms with E-state index in [0.717, 1.165) is 36.1 Å². The summed E-state index contributed by atoms with van der Waals surface area (Å²) in [5.74, 6) is 0.949. The Morgan fingerprint density at radius 2 is 1.29 bits per heavy atom. The summed E-state index contributed by atoms with van der Waals surface area (Å²) in [6, 6.07) is 39.4. The highest BCUT2D eigenvalue weighted by atomic mass is 28.4. The maximum Gasteiger partial charge on any atom is 0.261 e. The molecular weight excluding hydrogens is 653 g/mol. The van der Waals surface area contributed by atoms with Gasteiger partial charge in [-0.05, 0) is 70.3 Å². The van der Waals surface area contributed by atoms with Crippen LogP contribution in [0.25, 0.3) is 0 Å². The van der Waals surface area contributed by atoms with E-state index in [9.17, 15) is 5.11 Å². The van der Waals surface area contributed by atoms with Gasteiger partial charge < -0.3 is 28.5 Å². The van der Waals surface area contributed by atoms with Crippen LogP contribution in [-0.4, -0.2) is 52.7 Å². The second kappa shape index (κ2) is 21.1. The number of aliphatic hydroxyl groups excluding tert-OH is 1. The van der Waals surface area contributed by atoms with E-state index < -0.39 is 8.32 Å². The van der Waals surface area contributed by atoms with E-state index in [0.29, 0.717) is 26.2 Å². The van der Waals surface area contributed by atoms with Crippen LogP contribution < -0.4 is 15.1 Å². The van der Waals surface area contributed by atoms with Crippen LogP contribution in [-0.2, 0) is 31.9 Å². The van der Waals surface area contributed by atoms with Gasteiger partial charge in [0.1, 0.15) is 12.5 Å². The molecule has 4 rings (SSSR count). The van der Waals surface area contributed by atoms with Gasteiger partial charge in [0.2, 0.25) is 0 Å². The Kier molecular flexibility index (Phi) is 16.6. The normalized spacial score (nSPS) is 14.0. The fraction of sp³-hybridized carbons (Fsp3) is 0.409. The number of ether oxygens (including phenoxy) is 4. The van der Waals surface area contributed by atoms with Crippen molar-refractivity contribution < 1.29 is 28.5 Å². The van der Waals surface area contributed by atoms with E-state index in [-0.39, 0.29) is 36.6 Å². The third-order valence-electron chi connectivity index (χ3n) is 9.30. The molecule has 0 aliphatic heterocycles. The fourth-order valence-electron chi connectivity index (χ4n) is 6.61. The molecule has 0 fully saturated rings.